The molecule has 0 heterocycles. The monoisotopic (exact) mass is 282 g/mol. The number of carboxylic acid groups (broad SMARTS) is 1. The van der Waals surface area contributed by atoms with Crippen LogP contribution in [-0.4, -0.2) is 42.1 Å². The Morgan fingerprint density at radius 2 is 1.85 bits per heavy atom. The lowest BCUT2D eigenvalue weighted by molar-refractivity contribution is -0.150. The molecular formula is C15H26N2O3. The summed E-state index contributed by atoms with van der Waals surface area (Å²) >= 11 is 0. The van der Waals surface area contributed by atoms with E-state index in [0.29, 0.717) is 18.8 Å². The summed E-state index contributed by atoms with van der Waals surface area (Å²) in [6.07, 6.45) is 8.02. The molecule has 0 aromatic carbocycles. The number of urea groups is 1. The molecule has 2 rings (SSSR count). The summed E-state index contributed by atoms with van der Waals surface area (Å²) < 4.78 is 0. The first-order chi connectivity index (χ1) is 9.53. The zero-order valence-electron chi connectivity index (χ0n) is 12.4. The molecule has 20 heavy (non-hydrogen) atoms. The molecular weight excluding hydrogens is 256 g/mol. The first-order valence-corrected chi connectivity index (χ1v) is 7.76. The lowest BCUT2D eigenvalue weighted by atomic mass is 9.74. The first kappa shape index (κ1) is 15.1. The molecule has 0 radical (unpaired) electrons. The largest absolute Gasteiger partial charge is 0.481 e. The van der Waals surface area contributed by atoms with Crippen molar-refractivity contribution in [2.45, 2.75) is 51.4 Å². The molecule has 0 unspecified atom stereocenters. The van der Waals surface area contributed by atoms with E-state index >= 15 is 0 Å². The SMILES string of the molecule is CN(CC1CCC1)C(=O)NCC1(C(=O)O)CCCCC1. The summed E-state index contributed by atoms with van der Waals surface area (Å²) in [5.41, 5.74) is -0.745. The van der Waals surface area contributed by atoms with E-state index in [-0.39, 0.29) is 12.6 Å². The van der Waals surface area contributed by atoms with Crippen molar-refractivity contribution < 1.29 is 14.7 Å². The van der Waals surface area contributed by atoms with E-state index in [1.165, 1.54) is 19.3 Å². The molecule has 0 aromatic rings. The second-order valence-corrected chi connectivity index (χ2v) is 6.48. The van der Waals surface area contributed by atoms with Crippen molar-refractivity contribution in [1.29, 1.82) is 0 Å². The van der Waals surface area contributed by atoms with E-state index < -0.39 is 11.4 Å². The predicted molar refractivity (Wildman–Crippen MR) is 76.5 cm³/mol. The summed E-state index contributed by atoms with van der Waals surface area (Å²) in [5.74, 6) is -0.131. The standard InChI is InChI=1S/C15H26N2O3/c1-17(10-12-6-5-7-12)14(20)16-11-15(13(18)19)8-3-2-4-9-15/h12H,2-11H2,1H3,(H,16,20)(H,18,19). The predicted octanol–water partition coefficient (Wildman–Crippen LogP) is 2.46. The van der Waals surface area contributed by atoms with Gasteiger partial charge in [0.15, 0.2) is 0 Å². The molecule has 2 saturated carbocycles. The molecule has 2 aliphatic carbocycles. The van der Waals surface area contributed by atoms with Crippen molar-refractivity contribution in [3.05, 3.63) is 0 Å². The van der Waals surface area contributed by atoms with E-state index in [2.05, 4.69) is 5.32 Å². The molecule has 2 amide bonds. The number of hydrogen-bond donors (Lipinski definition) is 2. The first-order valence-electron chi connectivity index (χ1n) is 7.76. The minimum atomic E-state index is -0.765. The van der Waals surface area contributed by atoms with Crippen LogP contribution in [0.4, 0.5) is 4.79 Å². The topological polar surface area (TPSA) is 69.6 Å². The van der Waals surface area contributed by atoms with Crippen molar-refractivity contribution >= 4 is 12.0 Å². The van der Waals surface area contributed by atoms with Crippen LogP contribution in [-0.2, 0) is 4.79 Å². The van der Waals surface area contributed by atoms with Gasteiger partial charge in [0.1, 0.15) is 0 Å². The molecule has 5 nitrogen and oxygen atoms in total. The van der Waals surface area contributed by atoms with E-state index in [0.717, 1.165) is 25.8 Å². The van der Waals surface area contributed by atoms with Crippen LogP contribution in [0.25, 0.3) is 0 Å². The maximum atomic E-state index is 12.0. The summed E-state index contributed by atoms with van der Waals surface area (Å²) in [6.45, 7) is 1.04. The Kier molecular flexibility index (Phi) is 4.89. The minimum Gasteiger partial charge on any atom is -0.481 e. The molecule has 2 N–H and O–H groups in total. The molecule has 0 spiro atoms. The van der Waals surface area contributed by atoms with Crippen LogP contribution in [0.3, 0.4) is 0 Å². The van der Waals surface area contributed by atoms with Crippen molar-refractivity contribution in [2.75, 3.05) is 20.1 Å². The molecule has 2 aliphatic rings. The maximum Gasteiger partial charge on any atom is 0.317 e. The van der Waals surface area contributed by atoms with E-state index in [4.69, 9.17) is 0 Å². The van der Waals surface area contributed by atoms with Crippen LogP contribution in [0.2, 0.25) is 0 Å². The van der Waals surface area contributed by atoms with Gasteiger partial charge in [-0.2, -0.15) is 0 Å². The average molecular weight is 282 g/mol. The fourth-order valence-corrected chi connectivity index (χ4v) is 3.22. The maximum absolute atomic E-state index is 12.0. The zero-order valence-corrected chi connectivity index (χ0v) is 12.4. The highest BCUT2D eigenvalue weighted by Crippen LogP contribution is 2.36. The van der Waals surface area contributed by atoms with Gasteiger partial charge < -0.3 is 15.3 Å². The number of amides is 2. The van der Waals surface area contributed by atoms with Crippen LogP contribution in [0.5, 0.6) is 0 Å². The molecule has 0 saturated heterocycles. The van der Waals surface area contributed by atoms with Crippen molar-refractivity contribution in [3.8, 4) is 0 Å². The second-order valence-electron chi connectivity index (χ2n) is 6.48. The second kappa shape index (κ2) is 6.46. The van der Waals surface area contributed by atoms with E-state index in [1.54, 1.807) is 11.9 Å². The van der Waals surface area contributed by atoms with Gasteiger partial charge in [-0.25, -0.2) is 4.79 Å². The van der Waals surface area contributed by atoms with Gasteiger partial charge in [-0.15, -0.1) is 0 Å². The third-order valence-electron chi connectivity index (χ3n) is 4.95. The molecule has 114 valence electrons. The Morgan fingerprint density at radius 3 is 2.35 bits per heavy atom. The van der Waals surface area contributed by atoms with Crippen LogP contribution < -0.4 is 5.32 Å². The van der Waals surface area contributed by atoms with Crippen molar-refractivity contribution in [3.63, 3.8) is 0 Å². The summed E-state index contributed by atoms with van der Waals surface area (Å²) in [6, 6.07) is -0.136. The number of rotatable bonds is 5. The Morgan fingerprint density at radius 1 is 1.20 bits per heavy atom. The quantitative estimate of drug-likeness (QED) is 0.814. The van der Waals surface area contributed by atoms with Crippen LogP contribution in [0.15, 0.2) is 0 Å². The normalized spacial score (nSPS) is 21.9. The average Bonchev–Trinajstić information content (AvgIpc) is 2.40. The Labute approximate surface area is 120 Å². The number of carbonyl (C=O) groups is 2. The minimum absolute atomic E-state index is 0.136. The fourth-order valence-electron chi connectivity index (χ4n) is 3.22. The Bertz CT molecular complexity index is 360. The van der Waals surface area contributed by atoms with Crippen molar-refractivity contribution in [2.24, 2.45) is 11.3 Å². The molecule has 5 heteroatoms. The van der Waals surface area contributed by atoms with Crippen LogP contribution in [0.1, 0.15) is 51.4 Å². The lowest BCUT2D eigenvalue weighted by Gasteiger charge is -2.34. The van der Waals surface area contributed by atoms with Gasteiger partial charge in [0.05, 0.1) is 5.41 Å². The fraction of sp³-hybridized carbons (Fsp3) is 0.867. The summed E-state index contributed by atoms with van der Waals surface area (Å²) in [7, 11) is 1.79. The van der Waals surface area contributed by atoms with E-state index in [9.17, 15) is 14.7 Å². The van der Waals surface area contributed by atoms with Crippen LogP contribution in [0, 0.1) is 11.3 Å². The Balaban J connectivity index is 1.81. The molecule has 2 fully saturated rings. The number of aliphatic carboxylic acids is 1. The van der Waals surface area contributed by atoms with Gasteiger partial charge in [-0.05, 0) is 31.6 Å². The highest BCUT2D eigenvalue weighted by Gasteiger charge is 2.40. The third kappa shape index (κ3) is 3.44. The molecule has 0 bridgehead atoms. The number of nitrogens with one attached hydrogen (secondary N) is 1. The number of carboxylic acids is 1. The summed E-state index contributed by atoms with van der Waals surface area (Å²) in [4.78, 5) is 25.3. The molecule has 0 aliphatic heterocycles. The number of nitrogens with zero attached hydrogens (tertiary/aromatic N) is 1. The van der Waals surface area contributed by atoms with Gasteiger partial charge in [-0.3, -0.25) is 4.79 Å². The molecule has 0 aromatic heterocycles. The Hall–Kier alpha value is -1.26. The van der Waals surface area contributed by atoms with Gasteiger partial charge in [0.2, 0.25) is 0 Å². The highest BCUT2D eigenvalue weighted by molar-refractivity contribution is 5.78. The zero-order chi connectivity index (χ0) is 14.6. The van der Waals surface area contributed by atoms with Gasteiger partial charge in [-0.1, -0.05) is 25.7 Å². The van der Waals surface area contributed by atoms with Gasteiger partial charge in [0, 0.05) is 20.1 Å². The summed E-state index contributed by atoms with van der Waals surface area (Å²) in [5, 5.41) is 12.3. The number of carbonyl (C=O) groups excluding carboxylic acids is 1. The molecule has 0 atom stereocenters. The highest BCUT2D eigenvalue weighted by atomic mass is 16.4. The lowest BCUT2D eigenvalue weighted by Crippen LogP contribution is -2.48. The van der Waals surface area contributed by atoms with E-state index in [1.807, 2.05) is 0 Å². The van der Waals surface area contributed by atoms with Gasteiger partial charge in [0.25, 0.3) is 0 Å². The smallest absolute Gasteiger partial charge is 0.317 e. The third-order valence-corrected chi connectivity index (χ3v) is 4.95. The van der Waals surface area contributed by atoms with Crippen LogP contribution >= 0.6 is 0 Å². The number of hydrogen-bond acceptors (Lipinski definition) is 2. The van der Waals surface area contributed by atoms with Gasteiger partial charge >= 0.3 is 12.0 Å². The van der Waals surface area contributed by atoms with Crippen molar-refractivity contribution in [1.82, 2.24) is 10.2 Å².